The van der Waals surface area contributed by atoms with Crippen LogP contribution >= 0.6 is 0 Å². The lowest BCUT2D eigenvalue weighted by Gasteiger charge is -2.34. The number of rotatable bonds is 5. The molecule has 0 aliphatic carbocycles. The summed E-state index contributed by atoms with van der Waals surface area (Å²) >= 11 is 0. The highest BCUT2D eigenvalue weighted by molar-refractivity contribution is 5.91. The third-order valence-corrected chi connectivity index (χ3v) is 4.97. The standard InChI is InChI=1S/C20H26N6O/c1-4-12-27-15-8-7-11-26(13-15)20-17-14(2)24-25(3)19(17)22-18(23-20)16-9-5-6-10-21-16/h5-6,9-10,15H,4,7-8,11-13H2,1-3H3/t15-/m0/s1. The van der Waals surface area contributed by atoms with E-state index in [2.05, 4.69) is 21.9 Å². The van der Waals surface area contributed by atoms with Gasteiger partial charge in [-0.15, -0.1) is 0 Å². The van der Waals surface area contributed by atoms with E-state index in [1.54, 1.807) is 6.20 Å². The fourth-order valence-corrected chi connectivity index (χ4v) is 3.71. The molecule has 27 heavy (non-hydrogen) atoms. The number of aromatic nitrogens is 5. The predicted octanol–water partition coefficient (Wildman–Crippen LogP) is 3.13. The minimum atomic E-state index is 0.249. The first-order valence-corrected chi connectivity index (χ1v) is 9.66. The summed E-state index contributed by atoms with van der Waals surface area (Å²) in [5, 5.41) is 5.61. The van der Waals surface area contributed by atoms with Crippen molar-refractivity contribution in [2.75, 3.05) is 24.6 Å². The molecule has 1 atom stereocenters. The fourth-order valence-electron chi connectivity index (χ4n) is 3.71. The number of ether oxygens (including phenoxy) is 1. The molecule has 0 N–H and O–H groups in total. The minimum Gasteiger partial charge on any atom is -0.376 e. The van der Waals surface area contributed by atoms with Crippen molar-refractivity contribution >= 4 is 16.9 Å². The first-order chi connectivity index (χ1) is 13.2. The van der Waals surface area contributed by atoms with E-state index in [0.717, 1.165) is 67.2 Å². The van der Waals surface area contributed by atoms with Gasteiger partial charge in [-0.3, -0.25) is 9.67 Å². The van der Waals surface area contributed by atoms with Gasteiger partial charge < -0.3 is 9.64 Å². The first kappa shape index (κ1) is 17.9. The lowest BCUT2D eigenvalue weighted by atomic mass is 10.1. The molecule has 0 radical (unpaired) electrons. The third-order valence-electron chi connectivity index (χ3n) is 4.97. The smallest absolute Gasteiger partial charge is 0.182 e. The topological polar surface area (TPSA) is 69.0 Å². The van der Waals surface area contributed by atoms with Gasteiger partial charge in [-0.05, 0) is 38.3 Å². The molecule has 0 bridgehead atoms. The van der Waals surface area contributed by atoms with Crippen LogP contribution in [0.2, 0.25) is 0 Å². The molecule has 0 saturated carbocycles. The molecule has 4 rings (SSSR count). The zero-order chi connectivity index (χ0) is 18.8. The lowest BCUT2D eigenvalue weighted by molar-refractivity contribution is 0.0439. The van der Waals surface area contributed by atoms with Crippen LogP contribution in [0.1, 0.15) is 31.9 Å². The van der Waals surface area contributed by atoms with Gasteiger partial charge in [0.25, 0.3) is 0 Å². The maximum absolute atomic E-state index is 6.03. The van der Waals surface area contributed by atoms with Gasteiger partial charge >= 0.3 is 0 Å². The largest absolute Gasteiger partial charge is 0.376 e. The second kappa shape index (κ2) is 7.60. The number of piperidine rings is 1. The van der Waals surface area contributed by atoms with Crippen LogP contribution in [0, 0.1) is 6.92 Å². The Morgan fingerprint density at radius 3 is 2.93 bits per heavy atom. The molecular formula is C20H26N6O. The van der Waals surface area contributed by atoms with E-state index in [1.165, 1.54) is 0 Å². The molecule has 0 aromatic carbocycles. The number of hydrogen-bond donors (Lipinski definition) is 0. The molecule has 142 valence electrons. The molecule has 0 amide bonds. The maximum atomic E-state index is 6.03. The molecule has 0 unspecified atom stereocenters. The molecule has 1 fully saturated rings. The van der Waals surface area contributed by atoms with Crippen molar-refractivity contribution in [2.24, 2.45) is 7.05 Å². The number of aryl methyl sites for hydroxylation is 2. The maximum Gasteiger partial charge on any atom is 0.182 e. The molecule has 1 saturated heterocycles. The molecule has 7 nitrogen and oxygen atoms in total. The Morgan fingerprint density at radius 2 is 2.15 bits per heavy atom. The number of anilines is 1. The van der Waals surface area contributed by atoms with Crippen molar-refractivity contribution in [2.45, 2.75) is 39.2 Å². The van der Waals surface area contributed by atoms with E-state index in [1.807, 2.05) is 36.9 Å². The van der Waals surface area contributed by atoms with Crippen LogP contribution < -0.4 is 4.90 Å². The Kier molecular flexibility index (Phi) is 5.03. The van der Waals surface area contributed by atoms with Gasteiger partial charge in [0.05, 0.1) is 17.2 Å². The van der Waals surface area contributed by atoms with E-state index in [9.17, 15) is 0 Å². The number of hydrogen-bond acceptors (Lipinski definition) is 6. The molecule has 1 aliphatic heterocycles. The van der Waals surface area contributed by atoms with Gasteiger partial charge in [0.1, 0.15) is 11.5 Å². The molecular weight excluding hydrogens is 340 g/mol. The van der Waals surface area contributed by atoms with Crippen LogP contribution in [0.4, 0.5) is 5.82 Å². The minimum absolute atomic E-state index is 0.249. The average molecular weight is 366 g/mol. The van der Waals surface area contributed by atoms with E-state index < -0.39 is 0 Å². The highest BCUT2D eigenvalue weighted by Crippen LogP contribution is 2.31. The fraction of sp³-hybridized carbons (Fsp3) is 0.500. The van der Waals surface area contributed by atoms with Gasteiger partial charge in [-0.2, -0.15) is 5.10 Å². The average Bonchev–Trinajstić information content (AvgIpc) is 3.00. The van der Waals surface area contributed by atoms with Crippen molar-refractivity contribution in [3.8, 4) is 11.5 Å². The summed E-state index contributed by atoms with van der Waals surface area (Å²) in [5.74, 6) is 1.58. The van der Waals surface area contributed by atoms with Crippen molar-refractivity contribution in [1.29, 1.82) is 0 Å². The van der Waals surface area contributed by atoms with Crippen LogP contribution in [0.3, 0.4) is 0 Å². The van der Waals surface area contributed by atoms with Gasteiger partial charge in [-0.25, -0.2) is 9.97 Å². The molecule has 7 heteroatoms. The van der Waals surface area contributed by atoms with E-state index in [-0.39, 0.29) is 6.10 Å². The molecule has 3 aromatic heterocycles. The summed E-state index contributed by atoms with van der Waals surface area (Å²) in [6.45, 7) is 6.79. The monoisotopic (exact) mass is 366 g/mol. The highest BCUT2D eigenvalue weighted by atomic mass is 16.5. The zero-order valence-corrected chi connectivity index (χ0v) is 16.2. The Bertz CT molecular complexity index is 923. The second-order valence-corrected chi connectivity index (χ2v) is 7.07. The van der Waals surface area contributed by atoms with Crippen LogP contribution in [0.15, 0.2) is 24.4 Å². The first-order valence-electron chi connectivity index (χ1n) is 9.66. The summed E-state index contributed by atoms with van der Waals surface area (Å²) in [7, 11) is 1.93. The van der Waals surface area contributed by atoms with Crippen LogP contribution in [-0.4, -0.2) is 50.5 Å². The van der Waals surface area contributed by atoms with Gasteiger partial charge in [0.15, 0.2) is 11.5 Å². The van der Waals surface area contributed by atoms with Crippen LogP contribution in [0.25, 0.3) is 22.6 Å². The molecule has 0 spiro atoms. The summed E-state index contributed by atoms with van der Waals surface area (Å²) in [4.78, 5) is 16.5. The van der Waals surface area contributed by atoms with Gasteiger partial charge in [0, 0.05) is 32.9 Å². The van der Waals surface area contributed by atoms with Gasteiger partial charge in [0.2, 0.25) is 0 Å². The Morgan fingerprint density at radius 1 is 1.26 bits per heavy atom. The van der Waals surface area contributed by atoms with Gasteiger partial charge in [-0.1, -0.05) is 13.0 Å². The third kappa shape index (κ3) is 3.51. The second-order valence-electron chi connectivity index (χ2n) is 7.07. The van der Waals surface area contributed by atoms with Crippen molar-refractivity contribution in [3.05, 3.63) is 30.1 Å². The van der Waals surface area contributed by atoms with Crippen LogP contribution in [0.5, 0.6) is 0 Å². The molecule has 4 heterocycles. The SMILES string of the molecule is CCCO[C@H]1CCCN(c2nc(-c3ccccn3)nc3c2c(C)nn3C)C1. The quantitative estimate of drug-likeness (QED) is 0.691. The van der Waals surface area contributed by atoms with Crippen molar-refractivity contribution < 1.29 is 4.74 Å². The summed E-state index contributed by atoms with van der Waals surface area (Å²) in [6.07, 6.45) is 5.26. The number of fused-ring (bicyclic) bond motifs is 1. The Balaban J connectivity index is 1.78. The molecule has 3 aromatic rings. The van der Waals surface area contributed by atoms with Crippen molar-refractivity contribution in [3.63, 3.8) is 0 Å². The number of nitrogens with zero attached hydrogens (tertiary/aromatic N) is 6. The summed E-state index contributed by atoms with van der Waals surface area (Å²) in [5.41, 5.74) is 2.57. The van der Waals surface area contributed by atoms with Crippen molar-refractivity contribution in [1.82, 2.24) is 24.7 Å². The molecule has 1 aliphatic rings. The summed E-state index contributed by atoms with van der Waals surface area (Å²) in [6, 6.07) is 5.80. The lowest BCUT2D eigenvalue weighted by Crippen LogP contribution is -2.40. The summed E-state index contributed by atoms with van der Waals surface area (Å²) < 4.78 is 7.86. The normalized spacial score (nSPS) is 17.6. The van der Waals surface area contributed by atoms with Crippen LogP contribution in [-0.2, 0) is 11.8 Å². The predicted molar refractivity (Wildman–Crippen MR) is 106 cm³/mol. The Labute approximate surface area is 159 Å². The highest BCUT2D eigenvalue weighted by Gasteiger charge is 2.26. The Hall–Kier alpha value is -2.54. The van der Waals surface area contributed by atoms with E-state index in [4.69, 9.17) is 14.7 Å². The van der Waals surface area contributed by atoms with E-state index >= 15 is 0 Å². The van der Waals surface area contributed by atoms with E-state index in [0.29, 0.717) is 5.82 Å². The number of pyridine rings is 1. The zero-order valence-electron chi connectivity index (χ0n) is 16.2.